The molecular weight excluding hydrogens is 266 g/mol. The number of hydrogen-bond acceptors (Lipinski definition) is 5. The average molecular weight is 291 g/mol. The van der Waals surface area contributed by atoms with Crippen LogP contribution in [0, 0.1) is 0 Å². The maximum atomic E-state index is 5.94. The summed E-state index contributed by atoms with van der Waals surface area (Å²) in [5.74, 6) is 0. The summed E-state index contributed by atoms with van der Waals surface area (Å²) in [5.41, 5.74) is 2.16. The van der Waals surface area contributed by atoms with Gasteiger partial charge in [-0.25, -0.2) is 0 Å². The highest BCUT2D eigenvalue weighted by atomic mass is 16.5. The Bertz CT molecular complexity index is 443. The molecule has 0 amide bonds. The van der Waals surface area contributed by atoms with Crippen molar-refractivity contribution in [3.63, 3.8) is 0 Å². The number of rotatable bonds is 3. The fourth-order valence-corrected chi connectivity index (χ4v) is 3.08. The molecule has 0 saturated carbocycles. The Labute approximate surface area is 126 Å². The SMILES string of the molecule is CN(C)c1ccc(C2CN(C3CCOCC3)CCO2)nc1. The van der Waals surface area contributed by atoms with Gasteiger partial charge >= 0.3 is 0 Å². The Morgan fingerprint density at radius 1 is 1.19 bits per heavy atom. The van der Waals surface area contributed by atoms with Crippen LogP contribution in [-0.2, 0) is 9.47 Å². The first-order chi connectivity index (χ1) is 10.2. The zero-order valence-electron chi connectivity index (χ0n) is 13.0. The lowest BCUT2D eigenvalue weighted by atomic mass is 10.0. The Morgan fingerprint density at radius 2 is 2.00 bits per heavy atom. The summed E-state index contributed by atoms with van der Waals surface area (Å²) in [7, 11) is 4.06. The number of nitrogens with zero attached hydrogens (tertiary/aromatic N) is 3. The van der Waals surface area contributed by atoms with Gasteiger partial charge in [0.1, 0.15) is 6.10 Å². The van der Waals surface area contributed by atoms with Crippen molar-refractivity contribution in [2.24, 2.45) is 0 Å². The lowest BCUT2D eigenvalue weighted by molar-refractivity contribution is -0.0647. The van der Waals surface area contributed by atoms with Crippen molar-refractivity contribution in [3.8, 4) is 0 Å². The molecule has 1 aromatic heterocycles. The Hall–Kier alpha value is -1.17. The fourth-order valence-electron chi connectivity index (χ4n) is 3.08. The van der Waals surface area contributed by atoms with Gasteiger partial charge in [-0.3, -0.25) is 9.88 Å². The van der Waals surface area contributed by atoms with Crippen LogP contribution in [0.3, 0.4) is 0 Å². The molecule has 1 atom stereocenters. The molecule has 0 radical (unpaired) electrons. The van der Waals surface area contributed by atoms with Gasteiger partial charge < -0.3 is 14.4 Å². The largest absolute Gasteiger partial charge is 0.381 e. The summed E-state index contributed by atoms with van der Waals surface area (Å²) < 4.78 is 11.4. The highest BCUT2D eigenvalue weighted by Crippen LogP contribution is 2.25. The van der Waals surface area contributed by atoms with Crippen LogP contribution in [0.4, 0.5) is 5.69 Å². The Morgan fingerprint density at radius 3 is 2.67 bits per heavy atom. The van der Waals surface area contributed by atoms with Crippen molar-refractivity contribution in [3.05, 3.63) is 24.0 Å². The zero-order chi connectivity index (χ0) is 14.7. The second-order valence-electron chi connectivity index (χ2n) is 6.03. The van der Waals surface area contributed by atoms with E-state index in [9.17, 15) is 0 Å². The van der Waals surface area contributed by atoms with Crippen molar-refractivity contribution in [1.29, 1.82) is 0 Å². The van der Waals surface area contributed by atoms with Crippen molar-refractivity contribution < 1.29 is 9.47 Å². The molecule has 3 heterocycles. The Balaban J connectivity index is 1.64. The second-order valence-corrected chi connectivity index (χ2v) is 6.03. The molecule has 2 aliphatic heterocycles. The van der Waals surface area contributed by atoms with Crippen LogP contribution < -0.4 is 4.90 Å². The van der Waals surface area contributed by atoms with E-state index in [0.29, 0.717) is 6.04 Å². The normalized spacial score (nSPS) is 25.0. The van der Waals surface area contributed by atoms with Crippen LogP contribution >= 0.6 is 0 Å². The topological polar surface area (TPSA) is 37.8 Å². The van der Waals surface area contributed by atoms with Crippen LogP contribution in [0.15, 0.2) is 18.3 Å². The van der Waals surface area contributed by atoms with Crippen LogP contribution in [-0.4, -0.2) is 62.9 Å². The highest BCUT2D eigenvalue weighted by Gasteiger charge is 2.29. The molecular formula is C16H25N3O2. The van der Waals surface area contributed by atoms with E-state index >= 15 is 0 Å². The lowest BCUT2D eigenvalue weighted by Crippen LogP contribution is -2.47. The molecule has 1 unspecified atom stereocenters. The van der Waals surface area contributed by atoms with Crippen molar-refractivity contribution >= 4 is 5.69 Å². The van der Waals surface area contributed by atoms with Gasteiger partial charge in [0.25, 0.3) is 0 Å². The molecule has 5 heteroatoms. The van der Waals surface area contributed by atoms with Crippen molar-refractivity contribution in [2.45, 2.75) is 25.0 Å². The molecule has 2 saturated heterocycles. The summed E-state index contributed by atoms with van der Waals surface area (Å²) in [4.78, 5) is 9.20. The molecule has 3 rings (SSSR count). The van der Waals surface area contributed by atoms with Gasteiger partial charge in [0.15, 0.2) is 0 Å². The monoisotopic (exact) mass is 291 g/mol. The van der Waals surface area contributed by atoms with Gasteiger partial charge in [0.05, 0.1) is 24.2 Å². The van der Waals surface area contributed by atoms with Gasteiger partial charge in [0.2, 0.25) is 0 Å². The molecule has 1 aromatic rings. The lowest BCUT2D eigenvalue weighted by Gasteiger charge is -2.39. The third-order valence-electron chi connectivity index (χ3n) is 4.42. The second kappa shape index (κ2) is 6.73. The van der Waals surface area contributed by atoms with Crippen molar-refractivity contribution in [2.75, 3.05) is 51.9 Å². The van der Waals surface area contributed by atoms with Crippen LogP contribution in [0.25, 0.3) is 0 Å². The highest BCUT2D eigenvalue weighted by molar-refractivity contribution is 5.42. The summed E-state index contributed by atoms with van der Waals surface area (Å²) >= 11 is 0. The average Bonchev–Trinajstić information content (AvgIpc) is 2.56. The molecule has 0 bridgehead atoms. The number of ether oxygens (including phenoxy) is 2. The predicted octanol–water partition coefficient (Wildman–Crippen LogP) is 1.70. The van der Waals surface area contributed by atoms with E-state index in [-0.39, 0.29) is 6.10 Å². The molecule has 21 heavy (non-hydrogen) atoms. The summed E-state index contributed by atoms with van der Waals surface area (Å²) in [6, 6.07) is 4.85. The minimum absolute atomic E-state index is 0.0952. The minimum Gasteiger partial charge on any atom is -0.381 e. The maximum Gasteiger partial charge on any atom is 0.112 e. The van der Waals surface area contributed by atoms with Gasteiger partial charge in [-0.2, -0.15) is 0 Å². The Kier molecular flexibility index (Phi) is 4.73. The third-order valence-corrected chi connectivity index (χ3v) is 4.42. The number of aromatic nitrogens is 1. The van der Waals surface area contributed by atoms with Gasteiger partial charge in [-0.05, 0) is 25.0 Å². The fraction of sp³-hybridized carbons (Fsp3) is 0.688. The van der Waals surface area contributed by atoms with E-state index in [1.165, 1.54) is 0 Å². The first-order valence-electron chi connectivity index (χ1n) is 7.81. The maximum absolute atomic E-state index is 5.94. The zero-order valence-corrected chi connectivity index (χ0v) is 13.0. The van der Waals surface area contributed by atoms with E-state index in [2.05, 4.69) is 26.9 Å². The number of anilines is 1. The minimum atomic E-state index is 0.0952. The molecule has 2 aliphatic rings. The molecule has 5 nitrogen and oxygen atoms in total. The molecule has 0 N–H and O–H groups in total. The number of pyridine rings is 1. The molecule has 0 aromatic carbocycles. The third kappa shape index (κ3) is 3.54. The van der Waals surface area contributed by atoms with E-state index < -0.39 is 0 Å². The van der Waals surface area contributed by atoms with Crippen molar-refractivity contribution in [1.82, 2.24) is 9.88 Å². The van der Waals surface area contributed by atoms with Crippen LogP contribution in [0.1, 0.15) is 24.6 Å². The quantitative estimate of drug-likeness (QED) is 0.847. The molecule has 2 fully saturated rings. The molecule has 116 valence electrons. The van der Waals surface area contributed by atoms with E-state index in [1.54, 1.807) is 0 Å². The molecule has 0 spiro atoms. The van der Waals surface area contributed by atoms with Crippen LogP contribution in [0.5, 0.6) is 0 Å². The summed E-state index contributed by atoms with van der Waals surface area (Å²) in [6.07, 6.45) is 4.30. The molecule has 0 aliphatic carbocycles. The van der Waals surface area contributed by atoms with Gasteiger partial charge in [-0.15, -0.1) is 0 Å². The van der Waals surface area contributed by atoms with Gasteiger partial charge in [0, 0.05) is 46.4 Å². The number of hydrogen-bond donors (Lipinski definition) is 0. The predicted molar refractivity (Wildman–Crippen MR) is 82.7 cm³/mol. The standard InChI is InChI=1S/C16H25N3O2/c1-18(2)14-3-4-15(17-11-14)16-12-19(7-10-21-16)13-5-8-20-9-6-13/h3-4,11,13,16H,5-10,12H2,1-2H3. The first kappa shape index (κ1) is 14.8. The van der Waals surface area contributed by atoms with E-state index in [0.717, 1.165) is 57.1 Å². The van der Waals surface area contributed by atoms with Crippen LogP contribution in [0.2, 0.25) is 0 Å². The summed E-state index contributed by atoms with van der Waals surface area (Å²) in [5, 5.41) is 0. The first-order valence-corrected chi connectivity index (χ1v) is 7.81. The van der Waals surface area contributed by atoms with E-state index in [1.807, 2.05) is 20.3 Å². The smallest absolute Gasteiger partial charge is 0.112 e. The number of morpholine rings is 1. The van der Waals surface area contributed by atoms with Gasteiger partial charge in [-0.1, -0.05) is 0 Å². The van der Waals surface area contributed by atoms with E-state index in [4.69, 9.17) is 9.47 Å². The summed E-state index contributed by atoms with van der Waals surface area (Å²) in [6.45, 7) is 4.54.